The van der Waals surface area contributed by atoms with E-state index in [2.05, 4.69) is 13.8 Å². The number of carbonyl (C=O) groups excluding carboxylic acids is 2. The Balaban J connectivity index is 1.75. The van der Waals surface area contributed by atoms with Gasteiger partial charge >= 0.3 is 0 Å². The average Bonchev–Trinajstić information content (AvgIpc) is 3.26. The van der Waals surface area contributed by atoms with Crippen molar-refractivity contribution in [2.75, 3.05) is 26.2 Å². The van der Waals surface area contributed by atoms with Crippen LogP contribution in [-0.2, 0) is 16.0 Å². The molecule has 0 radical (unpaired) electrons. The van der Waals surface area contributed by atoms with Crippen LogP contribution >= 0.6 is 11.3 Å². The molecule has 1 aromatic carbocycles. The number of fused-ring (bicyclic) bond motifs is 1. The van der Waals surface area contributed by atoms with Gasteiger partial charge in [-0.3, -0.25) is 9.59 Å². The van der Waals surface area contributed by atoms with Crippen LogP contribution in [0, 0.1) is 11.7 Å². The van der Waals surface area contributed by atoms with Crippen LogP contribution in [0.15, 0.2) is 35.7 Å². The molecule has 0 aliphatic carbocycles. The SMILES string of the molecule is CCC(=O)N(CC(=O)N1CCc2sccc2[C@H]1COc1ccc(F)cc1)C[C@@H](C)CC. The zero-order valence-corrected chi connectivity index (χ0v) is 19.3. The summed E-state index contributed by atoms with van der Waals surface area (Å²) in [7, 11) is 0. The summed E-state index contributed by atoms with van der Waals surface area (Å²) in [5.74, 6) is 0.529. The Bertz CT molecular complexity index is 883. The predicted octanol–water partition coefficient (Wildman–Crippen LogP) is 4.68. The number of carbonyl (C=O) groups is 2. The Morgan fingerprint density at radius 3 is 2.68 bits per heavy atom. The first-order valence-corrected chi connectivity index (χ1v) is 11.8. The molecule has 0 saturated heterocycles. The highest BCUT2D eigenvalue weighted by molar-refractivity contribution is 7.10. The number of ether oxygens (including phenoxy) is 1. The van der Waals surface area contributed by atoms with Gasteiger partial charge in [0.25, 0.3) is 0 Å². The van der Waals surface area contributed by atoms with Crippen LogP contribution in [-0.4, -0.2) is 47.9 Å². The van der Waals surface area contributed by atoms with Crippen molar-refractivity contribution in [2.24, 2.45) is 5.92 Å². The fourth-order valence-corrected chi connectivity index (χ4v) is 4.75. The monoisotopic (exact) mass is 446 g/mol. The van der Waals surface area contributed by atoms with E-state index >= 15 is 0 Å². The van der Waals surface area contributed by atoms with Crippen LogP contribution in [0.1, 0.15) is 50.1 Å². The largest absolute Gasteiger partial charge is 0.491 e. The van der Waals surface area contributed by atoms with Crippen LogP contribution in [0.25, 0.3) is 0 Å². The van der Waals surface area contributed by atoms with Crippen molar-refractivity contribution in [1.82, 2.24) is 9.80 Å². The van der Waals surface area contributed by atoms with Gasteiger partial charge in [-0.25, -0.2) is 4.39 Å². The second-order valence-corrected chi connectivity index (χ2v) is 9.06. The van der Waals surface area contributed by atoms with Crippen LogP contribution in [0.4, 0.5) is 4.39 Å². The summed E-state index contributed by atoms with van der Waals surface area (Å²) in [6.07, 6.45) is 2.15. The predicted molar refractivity (Wildman–Crippen MR) is 121 cm³/mol. The molecular formula is C24H31FN2O3S. The minimum Gasteiger partial charge on any atom is -0.491 e. The molecule has 2 heterocycles. The zero-order chi connectivity index (χ0) is 22.4. The van der Waals surface area contributed by atoms with Gasteiger partial charge < -0.3 is 14.5 Å². The van der Waals surface area contributed by atoms with E-state index in [-0.39, 0.29) is 36.8 Å². The van der Waals surface area contributed by atoms with Gasteiger partial charge in [0.2, 0.25) is 11.8 Å². The number of rotatable bonds is 9. The topological polar surface area (TPSA) is 49.9 Å². The van der Waals surface area contributed by atoms with Crippen molar-refractivity contribution in [3.05, 3.63) is 52.0 Å². The van der Waals surface area contributed by atoms with E-state index in [4.69, 9.17) is 4.74 Å². The van der Waals surface area contributed by atoms with Crippen molar-refractivity contribution in [2.45, 2.75) is 46.1 Å². The first-order chi connectivity index (χ1) is 14.9. The van der Waals surface area contributed by atoms with E-state index in [1.807, 2.05) is 23.3 Å². The molecule has 0 fully saturated rings. The molecule has 0 saturated carbocycles. The van der Waals surface area contributed by atoms with Crippen LogP contribution in [0.3, 0.4) is 0 Å². The third-order valence-corrected chi connectivity index (χ3v) is 6.84. The van der Waals surface area contributed by atoms with Crippen molar-refractivity contribution in [3.8, 4) is 5.75 Å². The Hall–Kier alpha value is -2.41. The normalized spacial score (nSPS) is 16.5. The summed E-state index contributed by atoms with van der Waals surface area (Å²) in [5, 5.41) is 2.04. The molecule has 1 aromatic heterocycles. The molecule has 2 aromatic rings. The third kappa shape index (κ3) is 5.85. The third-order valence-electron chi connectivity index (χ3n) is 5.85. The number of hydrogen-bond donors (Lipinski definition) is 0. The molecule has 168 valence electrons. The minimum atomic E-state index is -0.316. The first kappa shape index (κ1) is 23.3. The van der Waals surface area contributed by atoms with Gasteiger partial charge in [0, 0.05) is 24.4 Å². The molecule has 0 bridgehead atoms. The maximum Gasteiger partial charge on any atom is 0.242 e. The van der Waals surface area contributed by atoms with Gasteiger partial charge in [0.05, 0.1) is 12.6 Å². The highest BCUT2D eigenvalue weighted by Crippen LogP contribution is 2.34. The fraction of sp³-hybridized carbons (Fsp3) is 0.500. The lowest BCUT2D eigenvalue weighted by molar-refractivity contribution is -0.143. The van der Waals surface area contributed by atoms with E-state index in [1.165, 1.54) is 17.0 Å². The smallest absolute Gasteiger partial charge is 0.242 e. The second-order valence-electron chi connectivity index (χ2n) is 8.06. The van der Waals surface area contributed by atoms with Crippen molar-refractivity contribution >= 4 is 23.2 Å². The van der Waals surface area contributed by atoms with E-state index in [0.717, 1.165) is 18.4 Å². The van der Waals surface area contributed by atoms with Crippen molar-refractivity contribution < 1.29 is 18.7 Å². The number of hydrogen-bond acceptors (Lipinski definition) is 4. The van der Waals surface area contributed by atoms with Crippen molar-refractivity contribution in [1.29, 1.82) is 0 Å². The Labute approximate surface area is 187 Å². The molecule has 1 aliphatic heterocycles. The lowest BCUT2D eigenvalue weighted by atomic mass is 10.00. The molecule has 0 unspecified atom stereocenters. The summed E-state index contributed by atoms with van der Waals surface area (Å²) < 4.78 is 19.1. The summed E-state index contributed by atoms with van der Waals surface area (Å²) in [5.41, 5.74) is 1.10. The van der Waals surface area contributed by atoms with E-state index in [9.17, 15) is 14.0 Å². The van der Waals surface area contributed by atoms with Gasteiger partial charge in [-0.15, -0.1) is 11.3 Å². The van der Waals surface area contributed by atoms with Gasteiger partial charge in [-0.05, 0) is 53.6 Å². The molecule has 0 N–H and O–H groups in total. The van der Waals surface area contributed by atoms with Crippen molar-refractivity contribution in [3.63, 3.8) is 0 Å². The number of nitrogens with zero attached hydrogens (tertiary/aromatic N) is 2. The molecule has 3 rings (SSSR count). The minimum absolute atomic E-state index is 0.000920. The zero-order valence-electron chi connectivity index (χ0n) is 18.5. The lowest BCUT2D eigenvalue weighted by Gasteiger charge is -2.37. The lowest BCUT2D eigenvalue weighted by Crippen LogP contribution is -2.48. The number of amides is 2. The molecule has 5 nitrogen and oxygen atoms in total. The highest BCUT2D eigenvalue weighted by atomic mass is 32.1. The molecule has 7 heteroatoms. The summed E-state index contributed by atoms with van der Waals surface area (Å²) in [6, 6.07) is 7.72. The number of halogens is 1. The number of benzene rings is 1. The number of thiophene rings is 1. The quantitative estimate of drug-likeness (QED) is 0.562. The van der Waals surface area contributed by atoms with E-state index < -0.39 is 0 Å². The second kappa shape index (κ2) is 10.8. The maximum atomic E-state index is 13.3. The Kier molecular flexibility index (Phi) is 8.07. The van der Waals surface area contributed by atoms with Gasteiger partial charge in [-0.1, -0.05) is 27.2 Å². The van der Waals surface area contributed by atoms with Gasteiger partial charge in [-0.2, -0.15) is 0 Å². The van der Waals surface area contributed by atoms with E-state index in [1.54, 1.807) is 28.4 Å². The summed E-state index contributed by atoms with van der Waals surface area (Å²) >= 11 is 1.69. The summed E-state index contributed by atoms with van der Waals surface area (Å²) in [6.45, 7) is 7.57. The van der Waals surface area contributed by atoms with E-state index in [0.29, 0.717) is 31.2 Å². The van der Waals surface area contributed by atoms with Gasteiger partial charge in [0.15, 0.2) is 0 Å². The van der Waals surface area contributed by atoms with Crippen LogP contribution in [0.2, 0.25) is 0 Å². The van der Waals surface area contributed by atoms with Crippen LogP contribution in [0.5, 0.6) is 5.75 Å². The standard InChI is InChI=1S/C24H31FN2O3S/c1-4-17(3)14-26(23(28)5-2)15-24(29)27-12-10-22-20(11-13-31-22)21(27)16-30-19-8-6-18(25)7-9-19/h6-9,11,13,17,21H,4-5,10,12,14-16H2,1-3H3/t17-,21+/m0/s1. The average molecular weight is 447 g/mol. The fourth-order valence-electron chi connectivity index (χ4n) is 3.82. The molecule has 31 heavy (non-hydrogen) atoms. The Morgan fingerprint density at radius 1 is 1.26 bits per heavy atom. The van der Waals surface area contributed by atoms with Gasteiger partial charge in [0.1, 0.15) is 18.2 Å². The maximum absolute atomic E-state index is 13.3. The highest BCUT2D eigenvalue weighted by Gasteiger charge is 2.33. The summed E-state index contributed by atoms with van der Waals surface area (Å²) in [4.78, 5) is 30.6. The Morgan fingerprint density at radius 2 is 2.00 bits per heavy atom. The molecule has 0 spiro atoms. The molecule has 2 amide bonds. The molecule has 2 atom stereocenters. The molecular weight excluding hydrogens is 415 g/mol. The first-order valence-electron chi connectivity index (χ1n) is 10.9. The van der Waals surface area contributed by atoms with Crippen LogP contribution < -0.4 is 4.74 Å². The molecule has 1 aliphatic rings.